The largest absolute Gasteiger partial charge is 0.462 e. The Labute approximate surface area is 94.4 Å². The van der Waals surface area contributed by atoms with Gasteiger partial charge in [0.05, 0.1) is 0 Å². The Hall–Kier alpha value is -0.530. The van der Waals surface area contributed by atoms with E-state index in [9.17, 15) is 4.79 Å². The van der Waals surface area contributed by atoms with Crippen LogP contribution in [0, 0.1) is 0 Å². The van der Waals surface area contributed by atoms with Crippen LogP contribution in [0.1, 0.15) is 72.1 Å². The Morgan fingerprint density at radius 2 is 1.53 bits per heavy atom. The summed E-state index contributed by atoms with van der Waals surface area (Å²) in [4.78, 5) is 10.2. The van der Waals surface area contributed by atoms with Crippen LogP contribution in [0.2, 0.25) is 0 Å². The van der Waals surface area contributed by atoms with Crippen molar-refractivity contribution in [1.29, 1.82) is 0 Å². The molecule has 2 nitrogen and oxygen atoms in total. The molecular formula is C13H26O2. The number of carbonyl (C=O) groups is 1. The zero-order chi connectivity index (χ0) is 11.6. The Kier molecular flexibility index (Phi) is 8.44. The average Bonchev–Trinajstić information content (AvgIpc) is 2.16. The van der Waals surface area contributed by atoms with Gasteiger partial charge in [-0.2, -0.15) is 0 Å². The molecule has 0 bridgehead atoms. The summed E-state index contributed by atoms with van der Waals surface area (Å²) < 4.78 is 4.99. The number of hydrogen-bond donors (Lipinski definition) is 0. The van der Waals surface area contributed by atoms with Crippen LogP contribution in [0.3, 0.4) is 0 Å². The molecule has 0 saturated heterocycles. The number of hydrogen-bond acceptors (Lipinski definition) is 2. The molecule has 0 aliphatic heterocycles. The monoisotopic (exact) mass is 214 g/mol. The summed E-state index contributed by atoms with van der Waals surface area (Å²) in [6.45, 7) is 6.73. The molecule has 90 valence electrons. The third-order valence-electron chi connectivity index (χ3n) is 2.75. The van der Waals surface area contributed by atoms with E-state index in [0.717, 1.165) is 12.8 Å². The van der Waals surface area contributed by atoms with Crippen LogP contribution >= 0.6 is 0 Å². The van der Waals surface area contributed by atoms with Crippen LogP contribution < -0.4 is 0 Å². The predicted molar refractivity (Wildman–Crippen MR) is 63.8 cm³/mol. The lowest BCUT2D eigenvalue weighted by molar-refractivity contribution is -0.140. The second-order valence-electron chi connectivity index (χ2n) is 4.85. The van der Waals surface area contributed by atoms with Crippen LogP contribution in [0.5, 0.6) is 0 Å². The van der Waals surface area contributed by atoms with Crippen molar-refractivity contribution in [2.24, 2.45) is 0 Å². The molecule has 0 saturated carbocycles. The summed E-state index contributed by atoms with van der Waals surface area (Å²) in [5, 5.41) is 0. The fraction of sp³-hybridized carbons (Fsp3) is 0.923. The minimum Gasteiger partial charge on any atom is -0.462 e. The SMILES string of the molecule is CCCCCCCCCC(C)(C)OC=O. The van der Waals surface area contributed by atoms with Gasteiger partial charge in [-0.3, -0.25) is 4.79 Å². The van der Waals surface area contributed by atoms with E-state index in [1.807, 2.05) is 13.8 Å². The molecule has 0 amide bonds. The van der Waals surface area contributed by atoms with Gasteiger partial charge in [-0.1, -0.05) is 45.4 Å². The van der Waals surface area contributed by atoms with Crippen molar-refractivity contribution in [3.05, 3.63) is 0 Å². The fourth-order valence-electron chi connectivity index (χ4n) is 1.70. The molecule has 15 heavy (non-hydrogen) atoms. The van der Waals surface area contributed by atoms with Gasteiger partial charge in [-0.15, -0.1) is 0 Å². The number of carbonyl (C=O) groups excluding carboxylic acids is 1. The number of unbranched alkanes of at least 4 members (excludes halogenated alkanes) is 6. The number of ether oxygens (including phenoxy) is 1. The summed E-state index contributed by atoms with van der Waals surface area (Å²) in [6.07, 6.45) is 10.1. The van der Waals surface area contributed by atoms with Gasteiger partial charge in [0, 0.05) is 0 Å². The van der Waals surface area contributed by atoms with Gasteiger partial charge < -0.3 is 4.74 Å². The molecule has 0 spiro atoms. The third kappa shape index (κ3) is 9.77. The first-order valence-electron chi connectivity index (χ1n) is 6.24. The van der Waals surface area contributed by atoms with E-state index in [1.165, 1.54) is 38.5 Å². The van der Waals surface area contributed by atoms with Crippen LogP contribution in [-0.2, 0) is 9.53 Å². The Balaban J connectivity index is 3.26. The zero-order valence-corrected chi connectivity index (χ0v) is 10.6. The molecule has 0 atom stereocenters. The van der Waals surface area contributed by atoms with Crippen molar-refractivity contribution in [2.75, 3.05) is 0 Å². The van der Waals surface area contributed by atoms with Crippen LogP contribution in [0.25, 0.3) is 0 Å². The predicted octanol–water partition coefficient (Wildman–Crippen LogP) is 4.08. The van der Waals surface area contributed by atoms with Crippen molar-refractivity contribution in [3.63, 3.8) is 0 Å². The molecule has 0 unspecified atom stereocenters. The van der Waals surface area contributed by atoms with Crippen molar-refractivity contribution in [3.8, 4) is 0 Å². The van der Waals surface area contributed by atoms with E-state index in [4.69, 9.17) is 4.74 Å². The lowest BCUT2D eigenvalue weighted by atomic mass is 9.99. The summed E-state index contributed by atoms with van der Waals surface area (Å²) in [7, 11) is 0. The number of rotatable bonds is 10. The van der Waals surface area contributed by atoms with E-state index in [0.29, 0.717) is 6.47 Å². The fourth-order valence-corrected chi connectivity index (χ4v) is 1.70. The Morgan fingerprint density at radius 1 is 1.00 bits per heavy atom. The van der Waals surface area contributed by atoms with E-state index < -0.39 is 0 Å². The first-order valence-corrected chi connectivity index (χ1v) is 6.24. The lowest BCUT2D eigenvalue weighted by Crippen LogP contribution is -2.23. The quantitative estimate of drug-likeness (QED) is 0.404. The summed E-state index contributed by atoms with van der Waals surface area (Å²) in [5.41, 5.74) is -0.273. The molecule has 0 aromatic carbocycles. The van der Waals surface area contributed by atoms with Gasteiger partial charge in [0.1, 0.15) is 5.60 Å². The van der Waals surface area contributed by atoms with Gasteiger partial charge in [-0.25, -0.2) is 0 Å². The molecule has 0 aromatic rings. The maximum Gasteiger partial charge on any atom is 0.293 e. The Morgan fingerprint density at radius 3 is 2.07 bits per heavy atom. The molecule has 0 radical (unpaired) electrons. The lowest BCUT2D eigenvalue weighted by Gasteiger charge is -2.22. The highest BCUT2D eigenvalue weighted by Crippen LogP contribution is 2.18. The molecule has 0 heterocycles. The van der Waals surface area contributed by atoms with Crippen LogP contribution in [0.4, 0.5) is 0 Å². The van der Waals surface area contributed by atoms with Crippen molar-refractivity contribution in [2.45, 2.75) is 77.7 Å². The minimum atomic E-state index is -0.273. The topological polar surface area (TPSA) is 26.3 Å². The van der Waals surface area contributed by atoms with Gasteiger partial charge in [0.15, 0.2) is 0 Å². The van der Waals surface area contributed by atoms with E-state index >= 15 is 0 Å². The molecule has 0 aromatic heterocycles. The van der Waals surface area contributed by atoms with Gasteiger partial charge >= 0.3 is 0 Å². The van der Waals surface area contributed by atoms with Gasteiger partial charge in [0.25, 0.3) is 6.47 Å². The smallest absolute Gasteiger partial charge is 0.293 e. The third-order valence-corrected chi connectivity index (χ3v) is 2.75. The first kappa shape index (κ1) is 14.5. The highest BCUT2D eigenvalue weighted by Gasteiger charge is 2.17. The minimum absolute atomic E-state index is 0.273. The highest BCUT2D eigenvalue weighted by atomic mass is 16.5. The highest BCUT2D eigenvalue weighted by molar-refractivity contribution is 5.38. The van der Waals surface area contributed by atoms with Crippen molar-refractivity contribution >= 4 is 6.47 Å². The van der Waals surface area contributed by atoms with Gasteiger partial charge in [0.2, 0.25) is 0 Å². The molecule has 2 heteroatoms. The van der Waals surface area contributed by atoms with Crippen molar-refractivity contribution < 1.29 is 9.53 Å². The van der Waals surface area contributed by atoms with Gasteiger partial charge in [-0.05, 0) is 26.7 Å². The Bertz CT molecular complexity index is 153. The van der Waals surface area contributed by atoms with Crippen LogP contribution in [0.15, 0.2) is 0 Å². The molecule has 0 aliphatic carbocycles. The molecular weight excluding hydrogens is 188 g/mol. The van der Waals surface area contributed by atoms with Crippen molar-refractivity contribution in [1.82, 2.24) is 0 Å². The molecule has 0 fully saturated rings. The second kappa shape index (κ2) is 8.75. The van der Waals surface area contributed by atoms with E-state index in [1.54, 1.807) is 0 Å². The molecule has 0 N–H and O–H groups in total. The summed E-state index contributed by atoms with van der Waals surface area (Å²) in [5.74, 6) is 0. The first-order chi connectivity index (χ1) is 7.12. The summed E-state index contributed by atoms with van der Waals surface area (Å²) in [6, 6.07) is 0. The summed E-state index contributed by atoms with van der Waals surface area (Å²) >= 11 is 0. The molecule has 0 aliphatic rings. The standard InChI is InChI=1S/C13H26O2/c1-4-5-6-7-8-9-10-11-13(2,3)15-12-14/h12H,4-11H2,1-3H3. The van der Waals surface area contributed by atoms with E-state index in [-0.39, 0.29) is 5.60 Å². The average molecular weight is 214 g/mol. The molecule has 0 rings (SSSR count). The second-order valence-corrected chi connectivity index (χ2v) is 4.85. The zero-order valence-electron chi connectivity index (χ0n) is 10.6. The maximum atomic E-state index is 10.2. The van der Waals surface area contributed by atoms with E-state index in [2.05, 4.69) is 6.92 Å². The normalized spacial score (nSPS) is 11.4. The van der Waals surface area contributed by atoms with Crippen LogP contribution in [-0.4, -0.2) is 12.1 Å². The maximum absolute atomic E-state index is 10.2.